The molecule has 0 amide bonds. The number of hydrogen-bond acceptors (Lipinski definition) is 3. The first kappa shape index (κ1) is 12.2. The summed E-state index contributed by atoms with van der Waals surface area (Å²) in [6.07, 6.45) is 3.93. The van der Waals surface area contributed by atoms with Gasteiger partial charge in [-0.15, -0.1) is 0 Å². The summed E-state index contributed by atoms with van der Waals surface area (Å²) < 4.78 is 61.4. The molecule has 2 saturated carbocycles. The van der Waals surface area contributed by atoms with E-state index in [9.17, 15) is 21.6 Å². The van der Waals surface area contributed by atoms with E-state index in [1.165, 1.54) is 0 Å². The summed E-state index contributed by atoms with van der Waals surface area (Å²) in [6.45, 7) is -0.316. The lowest BCUT2D eigenvalue weighted by atomic mass is 9.90. The average molecular weight is 258 g/mol. The Balaban J connectivity index is 1.89. The van der Waals surface area contributed by atoms with Crippen LogP contribution in [0, 0.1) is 17.8 Å². The number of halogens is 3. The topological polar surface area (TPSA) is 43.4 Å². The minimum atomic E-state index is -5.40. The molecule has 0 aliphatic heterocycles. The Morgan fingerprint density at radius 3 is 2.31 bits per heavy atom. The number of hydrogen-bond donors (Lipinski definition) is 0. The first-order valence-electron chi connectivity index (χ1n) is 5.25. The predicted molar refractivity (Wildman–Crippen MR) is 49.9 cm³/mol. The third-order valence-electron chi connectivity index (χ3n) is 3.61. The van der Waals surface area contributed by atoms with E-state index in [1.807, 2.05) is 0 Å². The van der Waals surface area contributed by atoms with Crippen molar-refractivity contribution < 1.29 is 25.8 Å². The maximum Gasteiger partial charge on any atom is 0.523 e. The fourth-order valence-electron chi connectivity index (χ4n) is 2.82. The maximum absolute atomic E-state index is 12.0. The van der Waals surface area contributed by atoms with Crippen LogP contribution >= 0.6 is 0 Å². The molecule has 94 valence electrons. The summed E-state index contributed by atoms with van der Waals surface area (Å²) in [5, 5.41) is 0. The molecule has 0 heterocycles. The second-order valence-electron chi connectivity index (χ2n) is 4.62. The van der Waals surface area contributed by atoms with Crippen molar-refractivity contribution in [3.05, 3.63) is 0 Å². The summed E-state index contributed by atoms with van der Waals surface area (Å²) in [5.74, 6) is 0.900. The summed E-state index contributed by atoms with van der Waals surface area (Å²) in [7, 11) is -5.40. The molecule has 0 aromatic rings. The fraction of sp³-hybridized carbons (Fsp3) is 1.00. The molecule has 0 aromatic carbocycles. The molecular formula is C9H13F3O3S. The Labute approximate surface area is 92.1 Å². The Morgan fingerprint density at radius 1 is 1.19 bits per heavy atom. The minimum Gasteiger partial charge on any atom is -0.263 e. The van der Waals surface area contributed by atoms with Gasteiger partial charge in [-0.05, 0) is 37.0 Å². The quantitative estimate of drug-likeness (QED) is 0.576. The molecule has 2 aliphatic carbocycles. The second-order valence-corrected chi connectivity index (χ2v) is 6.23. The number of fused-ring (bicyclic) bond motifs is 2. The van der Waals surface area contributed by atoms with Crippen molar-refractivity contribution in [1.82, 2.24) is 0 Å². The summed E-state index contributed by atoms with van der Waals surface area (Å²) >= 11 is 0. The van der Waals surface area contributed by atoms with Crippen LogP contribution in [0.2, 0.25) is 0 Å². The van der Waals surface area contributed by atoms with E-state index in [0.29, 0.717) is 11.8 Å². The Morgan fingerprint density at radius 2 is 1.88 bits per heavy atom. The van der Waals surface area contributed by atoms with Crippen molar-refractivity contribution in [3.63, 3.8) is 0 Å². The Hall–Kier alpha value is -0.300. The van der Waals surface area contributed by atoms with Gasteiger partial charge in [0.25, 0.3) is 0 Å². The average Bonchev–Trinajstić information content (AvgIpc) is 2.73. The molecule has 0 aromatic heterocycles. The minimum absolute atomic E-state index is 0.0177. The zero-order chi connectivity index (χ0) is 12.0. The van der Waals surface area contributed by atoms with Crippen molar-refractivity contribution in [2.45, 2.75) is 31.2 Å². The van der Waals surface area contributed by atoms with Gasteiger partial charge in [-0.25, -0.2) is 0 Å². The zero-order valence-electron chi connectivity index (χ0n) is 8.53. The SMILES string of the molecule is O=S(=O)(OCC1CC2CCC1C2)C(F)(F)F. The van der Waals surface area contributed by atoms with Gasteiger partial charge in [0, 0.05) is 0 Å². The van der Waals surface area contributed by atoms with Gasteiger partial charge >= 0.3 is 15.6 Å². The van der Waals surface area contributed by atoms with Gasteiger partial charge in [0.2, 0.25) is 0 Å². The highest BCUT2D eigenvalue weighted by Crippen LogP contribution is 2.48. The van der Waals surface area contributed by atoms with Gasteiger partial charge in [-0.1, -0.05) is 6.42 Å². The van der Waals surface area contributed by atoms with Gasteiger partial charge in [-0.2, -0.15) is 21.6 Å². The molecule has 2 aliphatic rings. The molecular weight excluding hydrogens is 245 g/mol. The summed E-state index contributed by atoms with van der Waals surface area (Å²) in [6, 6.07) is 0. The Bertz CT molecular complexity index is 363. The van der Waals surface area contributed by atoms with Gasteiger partial charge < -0.3 is 0 Å². The van der Waals surface area contributed by atoms with Crippen LogP contribution in [0.1, 0.15) is 25.7 Å². The van der Waals surface area contributed by atoms with Gasteiger partial charge in [-0.3, -0.25) is 4.18 Å². The van der Waals surface area contributed by atoms with Crippen LogP contribution in [0.4, 0.5) is 13.2 Å². The van der Waals surface area contributed by atoms with Crippen LogP contribution in [0.3, 0.4) is 0 Å². The maximum atomic E-state index is 12.0. The summed E-state index contributed by atoms with van der Waals surface area (Å²) in [5.41, 5.74) is -5.30. The van der Waals surface area contributed by atoms with Crippen molar-refractivity contribution in [1.29, 1.82) is 0 Å². The molecule has 3 atom stereocenters. The highest BCUT2D eigenvalue weighted by atomic mass is 32.2. The monoisotopic (exact) mass is 258 g/mol. The van der Waals surface area contributed by atoms with Crippen molar-refractivity contribution in [3.8, 4) is 0 Å². The van der Waals surface area contributed by atoms with Crippen LogP contribution in [0.25, 0.3) is 0 Å². The molecule has 2 bridgehead atoms. The van der Waals surface area contributed by atoms with Gasteiger partial charge in [0.15, 0.2) is 0 Å². The van der Waals surface area contributed by atoms with E-state index < -0.39 is 15.6 Å². The molecule has 7 heteroatoms. The molecule has 2 rings (SSSR count). The van der Waals surface area contributed by atoms with Crippen molar-refractivity contribution in [2.24, 2.45) is 17.8 Å². The van der Waals surface area contributed by atoms with E-state index in [1.54, 1.807) is 0 Å². The molecule has 0 spiro atoms. The van der Waals surface area contributed by atoms with Crippen LogP contribution < -0.4 is 0 Å². The second kappa shape index (κ2) is 3.87. The smallest absolute Gasteiger partial charge is 0.263 e. The molecule has 2 fully saturated rings. The lowest BCUT2D eigenvalue weighted by Gasteiger charge is -2.21. The van der Waals surface area contributed by atoms with E-state index in [-0.39, 0.29) is 12.5 Å². The molecule has 0 saturated heterocycles. The lowest BCUT2D eigenvalue weighted by molar-refractivity contribution is -0.0554. The van der Waals surface area contributed by atoms with Crippen LogP contribution in [-0.2, 0) is 14.3 Å². The van der Waals surface area contributed by atoms with E-state index in [2.05, 4.69) is 4.18 Å². The van der Waals surface area contributed by atoms with Crippen molar-refractivity contribution >= 4 is 10.1 Å². The highest BCUT2D eigenvalue weighted by Gasteiger charge is 2.48. The van der Waals surface area contributed by atoms with Crippen LogP contribution in [0.5, 0.6) is 0 Å². The predicted octanol–water partition coefficient (Wildman–Crippen LogP) is 2.29. The molecule has 3 nitrogen and oxygen atoms in total. The summed E-state index contributed by atoms with van der Waals surface area (Å²) in [4.78, 5) is 0. The third kappa shape index (κ3) is 2.20. The van der Waals surface area contributed by atoms with E-state index in [0.717, 1.165) is 25.7 Å². The standard InChI is InChI=1S/C9H13F3O3S/c10-9(11,12)16(13,14)15-5-8-4-6-1-2-7(8)3-6/h6-8H,1-5H2. The molecule has 3 unspecified atom stereocenters. The molecule has 0 radical (unpaired) electrons. The van der Waals surface area contributed by atoms with Crippen LogP contribution in [-0.4, -0.2) is 20.5 Å². The molecule has 0 N–H and O–H groups in total. The first-order valence-corrected chi connectivity index (χ1v) is 6.66. The zero-order valence-corrected chi connectivity index (χ0v) is 9.35. The van der Waals surface area contributed by atoms with E-state index in [4.69, 9.17) is 0 Å². The van der Waals surface area contributed by atoms with Crippen LogP contribution in [0.15, 0.2) is 0 Å². The van der Waals surface area contributed by atoms with E-state index >= 15 is 0 Å². The van der Waals surface area contributed by atoms with Gasteiger partial charge in [0.05, 0.1) is 6.61 Å². The van der Waals surface area contributed by atoms with Crippen molar-refractivity contribution in [2.75, 3.05) is 6.61 Å². The normalized spacial score (nSPS) is 34.6. The fourth-order valence-corrected chi connectivity index (χ4v) is 3.31. The largest absolute Gasteiger partial charge is 0.523 e. The lowest BCUT2D eigenvalue weighted by Crippen LogP contribution is -2.28. The Kier molecular flexibility index (Phi) is 2.94. The highest BCUT2D eigenvalue weighted by molar-refractivity contribution is 7.87. The molecule has 16 heavy (non-hydrogen) atoms. The first-order chi connectivity index (χ1) is 7.29. The number of alkyl halides is 3. The number of rotatable bonds is 3. The van der Waals surface area contributed by atoms with Gasteiger partial charge in [0.1, 0.15) is 0 Å². The third-order valence-corrected chi connectivity index (χ3v) is 4.62.